The van der Waals surface area contributed by atoms with Crippen LogP contribution in [0.25, 0.3) is 11.1 Å². The van der Waals surface area contributed by atoms with Gasteiger partial charge in [-0.25, -0.2) is 14.6 Å². The van der Waals surface area contributed by atoms with Crippen molar-refractivity contribution >= 4 is 69.3 Å². The molecule has 8 rings (SSSR count). The van der Waals surface area contributed by atoms with E-state index >= 15 is 0 Å². The summed E-state index contributed by atoms with van der Waals surface area (Å²) in [6.07, 6.45) is 3.79. The van der Waals surface area contributed by atoms with Crippen molar-refractivity contribution < 1.29 is 37.9 Å². The number of amides is 7. The predicted octanol–water partition coefficient (Wildman–Crippen LogP) is 8.11. The molecule has 0 unspecified atom stereocenters. The molecule has 0 atom stereocenters. The molecule has 7 aromatic rings. The Bertz CT molecular complexity index is 2860. The van der Waals surface area contributed by atoms with E-state index in [9.17, 15) is 24.0 Å². The van der Waals surface area contributed by atoms with Gasteiger partial charge in [0.2, 0.25) is 5.91 Å². The second-order valence-corrected chi connectivity index (χ2v) is 14.0. The number of oxazole rings is 1. The van der Waals surface area contributed by atoms with Crippen molar-refractivity contribution in [2.45, 2.75) is 20.3 Å². The topological polar surface area (TPSA) is 231 Å². The van der Waals surface area contributed by atoms with E-state index in [0.29, 0.717) is 63.8 Å². The smallest absolute Gasteiger partial charge is 0.323 e. The summed E-state index contributed by atoms with van der Waals surface area (Å²) in [4.78, 5) is 74.0. The zero-order chi connectivity index (χ0) is 45.2. The van der Waals surface area contributed by atoms with Crippen molar-refractivity contribution in [2.75, 3.05) is 46.8 Å². The van der Waals surface area contributed by atoms with Crippen LogP contribution in [0.4, 0.5) is 38.0 Å². The van der Waals surface area contributed by atoms with Crippen molar-refractivity contribution in [2.24, 2.45) is 0 Å². The third kappa shape index (κ3) is 11.1. The summed E-state index contributed by atoms with van der Waals surface area (Å²) in [5, 5.41) is 16.1. The average molecular weight is 863 g/mol. The first-order valence-electron chi connectivity index (χ1n) is 19.8. The highest BCUT2D eigenvalue weighted by molar-refractivity contribution is 6.02. The van der Waals surface area contributed by atoms with Crippen LogP contribution >= 0.6 is 0 Å². The fraction of sp³-hybridized carbons (Fsp3) is 0.130. The normalized spacial score (nSPS) is 11.3. The van der Waals surface area contributed by atoms with Gasteiger partial charge in [-0.3, -0.25) is 24.4 Å². The molecule has 18 heteroatoms. The predicted molar refractivity (Wildman–Crippen MR) is 240 cm³/mol. The number of aromatic nitrogens is 3. The molecule has 3 aromatic heterocycles. The number of fused-ring (bicyclic) bond motifs is 2. The van der Waals surface area contributed by atoms with Crippen molar-refractivity contribution in [3.8, 4) is 23.0 Å². The van der Waals surface area contributed by atoms with Crippen LogP contribution in [0.2, 0.25) is 0 Å². The van der Waals surface area contributed by atoms with Crippen LogP contribution in [0.3, 0.4) is 0 Å². The lowest BCUT2D eigenvalue weighted by atomic mass is 10.1. The number of pyridine rings is 2. The molecule has 18 nitrogen and oxygen atoms in total. The van der Waals surface area contributed by atoms with E-state index in [-0.39, 0.29) is 29.1 Å². The molecular weight excluding hydrogens is 821 g/mol. The SMILES string of the molecule is CNC(=O)c1cc(Oc2ccc(NC(=O)Nc3ccc4c(c3)N(C(C)=O)CC4)cc2)ccn1.CNC(=O)c1cc(Oc2cccc(NC(=O)Nc3ccc4nc(C)oc4c3)c2)ccn1. The maximum Gasteiger partial charge on any atom is 0.323 e. The number of carbonyl (C=O) groups is 5. The maximum atomic E-state index is 12.4. The highest BCUT2D eigenvalue weighted by atomic mass is 16.5. The highest BCUT2D eigenvalue weighted by Crippen LogP contribution is 2.31. The molecule has 6 N–H and O–H groups in total. The van der Waals surface area contributed by atoms with E-state index in [4.69, 9.17) is 13.9 Å². The maximum absolute atomic E-state index is 12.4. The minimum atomic E-state index is -0.418. The van der Waals surface area contributed by atoms with Crippen LogP contribution in [0.1, 0.15) is 39.4 Å². The Morgan fingerprint density at radius 1 is 0.609 bits per heavy atom. The van der Waals surface area contributed by atoms with E-state index in [0.717, 1.165) is 23.2 Å². The number of carbonyl (C=O) groups excluding carboxylic acids is 5. The van der Waals surface area contributed by atoms with Gasteiger partial charge < -0.3 is 50.7 Å². The van der Waals surface area contributed by atoms with Crippen LogP contribution in [-0.4, -0.2) is 65.4 Å². The zero-order valence-corrected chi connectivity index (χ0v) is 35.0. The lowest BCUT2D eigenvalue weighted by Crippen LogP contribution is -2.26. The quantitative estimate of drug-likeness (QED) is 0.0769. The van der Waals surface area contributed by atoms with E-state index < -0.39 is 12.1 Å². The van der Waals surface area contributed by atoms with Crippen molar-refractivity contribution in [3.05, 3.63) is 144 Å². The van der Waals surface area contributed by atoms with Gasteiger partial charge >= 0.3 is 12.1 Å². The molecular formula is C46H42N10O8. The molecule has 0 spiro atoms. The summed E-state index contributed by atoms with van der Waals surface area (Å²) in [7, 11) is 3.06. The second-order valence-electron chi connectivity index (χ2n) is 14.0. The van der Waals surface area contributed by atoms with Crippen LogP contribution in [0.15, 0.2) is 126 Å². The van der Waals surface area contributed by atoms with Crippen LogP contribution < -0.4 is 46.3 Å². The molecule has 0 saturated heterocycles. The van der Waals surface area contributed by atoms with Gasteiger partial charge in [0.25, 0.3) is 11.8 Å². The Labute approximate surface area is 366 Å². The average Bonchev–Trinajstić information content (AvgIpc) is 3.89. The summed E-state index contributed by atoms with van der Waals surface area (Å²) in [6, 6.07) is 30.0. The molecule has 4 aromatic carbocycles. The first kappa shape index (κ1) is 43.3. The third-order valence-corrected chi connectivity index (χ3v) is 9.43. The van der Waals surface area contributed by atoms with Gasteiger partial charge in [-0.15, -0.1) is 0 Å². The van der Waals surface area contributed by atoms with Gasteiger partial charge in [0.05, 0.1) is 0 Å². The van der Waals surface area contributed by atoms with E-state index in [1.54, 1.807) is 96.8 Å². The molecule has 4 heterocycles. The van der Waals surface area contributed by atoms with Gasteiger partial charge in [0, 0.05) is 99.6 Å². The standard InChI is InChI=1S/C24H23N5O4.C22H19N5O4/c1-15(30)29-12-10-16-3-4-18(13-22(16)29)28-24(32)27-17-5-7-19(8-6-17)33-20-9-11-26-21(14-20)23(31)25-2;1-13-25-18-7-6-15(11-20(18)30-13)27-22(29)26-14-4-3-5-16(10-14)31-17-8-9-24-19(12-17)21(28)23-2/h3-9,11,13-14H,10,12H2,1-2H3,(H,25,31)(H2,27,28,32);3-12H,1-2H3,(H,23,28)(H2,26,27,29). The third-order valence-electron chi connectivity index (χ3n) is 9.43. The lowest BCUT2D eigenvalue weighted by Gasteiger charge is -2.16. The minimum Gasteiger partial charge on any atom is -0.457 e. The number of urea groups is 2. The Morgan fingerprint density at radius 2 is 1.16 bits per heavy atom. The summed E-state index contributed by atoms with van der Waals surface area (Å²) < 4.78 is 17.0. The summed E-state index contributed by atoms with van der Waals surface area (Å²) in [5.74, 6) is 1.88. The lowest BCUT2D eigenvalue weighted by molar-refractivity contribution is -0.116. The van der Waals surface area contributed by atoms with Crippen molar-refractivity contribution in [3.63, 3.8) is 0 Å². The highest BCUT2D eigenvalue weighted by Gasteiger charge is 2.22. The largest absolute Gasteiger partial charge is 0.457 e. The van der Waals surface area contributed by atoms with E-state index in [2.05, 4.69) is 46.9 Å². The number of ether oxygens (including phenoxy) is 2. The van der Waals surface area contributed by atoms with E-state index in [1.165, 1.54) is 39.5 Å². The summed E-state index contributed by atoms with van der Waals surface area (Å²) in [6.45, 7) is 3.95. The molecule has 7 amide bonds. The monoisotopic (exact) mass is 862 g/mol. The Kier molecular flexibility index (Phi) is 13.3. The molecule has 0 fully saturated rings. The van der Waals surface area contributed by atoms with Crippen LogP contribution in [0, 0.1) is 6.92 Å². The molecule has 1 aliphatic rings. The van der Waals surface area contributed by atoms with Crippen LogP contribution in [-0.2, 0) is 11.2 Å². The zero-order valence-electron chi connectivity index (χ0n) is 35.0. The number of benzene rings is 4. The molecule has 0 aliphatic carbocycles. The number of hydrogen-bond acceptors (Lipinski definition) is 11. The van der Waals surface area contributed by atoms with E-state index in [1.807, 2.05) is 18.2 Å². The van der Waals surface area contributed by atoms with Crippen LogP contribution in [0.5, 0.6) is 23.0 Å². The molecule has 0 radical (unpaired) electrons. The number of aryl methyl sites for hydroxylation is 1. The Morgan fingerprint density at radius 3 is 1.78 bits per heavy atom. The summed E-state index contributed by atoms with van der Waals surface area (Å²) >= 11 is 0. The molecule has 1 aliphatic heterocycles. The molecule has 64 heavy (non-hydrogen) atoms. The molecule has 324 valence electrons. The number of nitrogens with zero attached hydrogens (tertiary/aromatic N) is 4. The Balaban J connectivity index is 0.000000192. The number of hydrogen-bond donors (Lipinski definition) is 6. The van der Waals surface area contributed by atoms with Gasteiger partial charge in [-0.05, 0) is 84.8 Å². The van der Waals surface area contributed by atoms with Crippen molar-refractivity contribution in [1.29, 1.82) is 0 Å². The first-order valence-corrected chi connectivity index (χ1v) is 19.8. The number of anilines is 5. The van der Waals surface area contributed by atoms with Crippen molar-refractivity contribution in [1.82, 2.24) is 25.6 Å². The molecule has 0 saturated carbocycles. The van der Waals surface area contributed by atoms with Gasteiger partial charge in [-0.2, -0.15) is 0 Å². The van der Waals surface area contributed by atoms with Gasteiger partial charge in [0.1, 0.15) is 39.9 Å². The fourth-order valence-electron chi connectivity index (χ4n) is 6.46. The Hall–Kier alpha value is -8.80. The fourth-order valence-corrected chi connectivity index (χ4v) is 6.46. The number of nitrogens with one attached hydrogen (secondary N) is 6. The first-order chi connectivity index (χ1) is 30.9. The summed E-state index contributed by atoms with van der Waals surface area (Å²) in [5.41, 5.74) is 6.02. The van der Waals surface area contributed by atoms with Gasteiger partial charge in [0.15, 0.2) is 11.5 Å². The number of rotatable bonds is 10. The second kappa shape index (κ2) is 19.7. The molecule has 0 bridgehead atoms. The van der Waals surface area contributed by atoms with Gasteiger partial charge in [-0.1, -0.05) is 12.1 Å². The minimum absolute atomic E-state index is 0.0192.